The van der Waals surface area contributed by atoms with E-state index in [2.05, 4.69) is 10.3 Å². The van der Waals surface area contributed by atoms with Crippen molar-refractivity contribution in [1.82, 2.24) is 5.32 Å². The summed E-state index contributed by atoms with van der Waals surface area (Å²) in [5.74, 6) is -0.285. The highest BCUT2D eigenvalue weighted by Gasteiger charge is 2.32. The second-order valence-corrected chi connectivity index (χ2v) is 6.69. The van der Waals surface area contributed by atoms with Gasteiger partial charge >= 0.3 is 0 Å². The summed E-state index contributed by atoms with van der Waals surface area (Å²) in [6.45, 7) is 0. The van der Waals surface area contributed by atoms with Crippen LogP contribution in [0.1, 0.15) is 16.4 Å². The lowest BCUT2D eigenvalue weighted by atomic mass is 10.1. The molecule has 1 heterocycles. The molecule has 1 aliphatic heterocycles. The maximum absolute atomic E-state index is 11.6. The van der Waals surface area contributed by atoms with E-state index in [4.69, 9.17) is 23.2 Å². The maximum Gasteiger partial charge on any atom is 0.286 e. The molecule has 7 heteroatoms. The molecule has 0 aliphatic carbocycles. The van der Waals surface area contributed by atoms with Crippen LogP contribution in [0.3, 0.4) is 0 Å². The Labute approximate surface area is 146 Å². The second-order valence-electron chi connectivity index (χ2n) is 4.80. The number of carbonyl (C=O) groups is 2. The van der Waals surface area contributed by atoms with Crippen molar-refractivity contribution in [1.29, 1.82) is 0 Å². The number of halogens is 2. The van der Waals surface area contributed by atoms with E-state index in [0.717, 1.165) is 28.6 Å². The van der Waals surface area contributed by atoms with Gasteiger partial charge in [0, 0.05) is 6.21 Å². The van der Waals surface area contributed by atoms with Crippen molar-refractivity contribution < 1.29 is 9.59 Å². The predicted molar refractivity (Wildman–Crippen MR) is 94.0 cm³/mol. The smallest absolute Gasteiger partial charge is 0.286 e. The Morgan fingerprint density at radius 2 is 1.78 bits per heavy atom. The standard InChI is InChI=1S/C16H10Cl2N2O2S/c17-12-6-1-9(7-13(12)18)8-19-11-4-2-10(3-5-11)14-15(21)20-16(22)23-14/h1-8,14H,(H,20,21,22). The number of imide groups is 1. The minimum Gasteiger partial charge on any atom is -0.286 e. The number of nitrogens with zero attached hydrogens (tertiary/aromatic N) is 1. The maximum atomic E-state index is 11.6. The predicted octanol–water partition coefficient (Wildman–Crippen LogP) is 4.77. The third-order valence-electron chi connectivity index (χ3n) is 3.19. The Kier molecular flexibility index (Phi) is 4.71. The van der Waals surface area contributed by atoms with Gasteiger partial charge in [-0.1, -0.05) is 41.4 Å². The van der Waals surface area contributed by atoms with Gasteiger partial charge in [0.1, 0.15) is 5.25 Å². The van der Waals surface area contributed by atoms with E-state index in [0.29, 0.717) is 10.0 Å². The van der Waals surface area contributed by atoms with Crippen LogP contribution < -0.4 is 5.32 Å². The van der Waals surface area contributed by atoms with Crippen LogP contribution in [0, 0.1) is 0 Å². The van der Waals surface area contributed by atoms with Gasteiger partial charge in [0.15, 0.2) is 0 Å². The summed E-state index contributed by atoms with van der Waals surface area (Å²) in [4.78, 5) is 27.2. The highest BCUT2D eigenvalue weighted by atomic mass is 35.5. The molecule has 4 nitrogen and oxygen atoms in total. The monoisotopic (exact) mass is 364 g/mol. The van der Waals surface area contributed by atoms with Gasteiger partial charge < -0.3 is 0 Å². The Balaban J connectivity index is 1.74. The molecular weight excluding hydrogens is 355 g/mol. The van der Waals surface area contributed by atoms with E-state index in [1.807, 2.05) is 6.07 Å². The quantitative estimate of drug-likeness (QED) is 0.798. The number of nitrogens with one attached hydrogen (secondary N) is 1. The van der Waals surface area contributed by atoms with Gasteiger partial charge in [0.25, 0.3) is 5.24 Å². The Morgan fingerprint density at radius 1 is 1.04 bits per heavy atom. The number of thioether (sulfide) groups is 1. The van der Waals surface area contributed by atoms with E-state index in [1.165, 1.54) is 0 Å². The molecule has 116 valence electrons. The van der Waals surface area contributed by atoms with Crippen LogP contribution in [-0.2, 0) is 4.79 Å². The van der Waals surface area contributed by atoms with Gasteiger partial charge in [-0.25, -0.2) is 0 Å². The summed E-state index contributed by atoms with van der Waals surface area (Å²) in [6, 6.07) is 12.4. The lowest BCUT2D eigenvalue weighted by Crippen LogP contribution is -2.20. The molecule has 23 heavy (non-hydrogen) atoms. The Morgan fingerprint density at radius 3 is 2.39 bits per heavy atom. The molecule has 2 aromatic carbocycles. The number of aliphatic imine (C=N–C) groups is 1. The summed E-state index contributed by atoms with van der Waals surface area (Å²) in [5.41, 5.74) is 2.33. The van der Waals surface area contributed by atoms with Crippen molar-refractivity contribution in [3.05, 3.63) is 63.6 Å². The van der Waals surface area contributed by atoms with Crippen LogP contribution in [-0.4, -0.2) is 17.4 Å². The first-order valence-electron chi connectivity index (χ1n) is 6.63. The van der Waals surface area contributed by atoms with Crippen molar-refractivity contribution in [2.45, 2.75) is 5.25 Å². The van der Waals surface area contributed by atoms with Crippen LogP contribution in [0.5, 0.6) is 0 Å². The van der Waals surface area contributed by atoms with Gasteiger partial charge in [-0.05, 0) is 47.2 Å². The fourth-order valence-electron chi connectivity index (χ4n) is 2.05. The molecule has 3 rings (SSSR count). The van der Waals surface area contributed by atoms with Gasteiger partial charge in [-0.2, -0.15) is 0 Å². The molecule has 1 unspecified atom stereocenters. The minimum absolute atomic E-state index is 0.285. The molecule has 0 bridgehead atoms. The number of hydrogen-bond acceptors (Lipinski definition) is 4. The molecule has 1 N–H and O–H groups in total. The Bertz CT molecular complexity index is 806. The average Bonchev–Trinajstić information content (AvgIpc) is 2.87. The number of amides is 2. The van der Waals surface area contributed by atoms with Crippen LogP contribution in [0.4, 0.5) is 10.5 Å². The molecule has 1 fully saturated rings. The van der Waals surface area contributed by atoms with Crippen LogP contribution in [0.15, 0.2) is 47.5 Å². The van der Waals surface area contributed by atoms with Gasteiger partial charge in [-0.3, -0.25) is 19.9 Å². The SMILES string of the molecule is O=C1NC(=O)C(c2ccc(N=Cc3ccc(Cl)c(Cl)c3)cc2)S1. The third-order valence-corrected chi connectivity index (χ3v) is 4.97. The van der Waals surface area contributed by atoms with E-state index < -0.39 is 5.25 Å². The molecule has 1 saturated heterocycles. The van der Waals surface area contributed by atoms with Crippen LogP contribution in [0.2, 0.25) is 10.0 Å². The van der Waals surface area contributed by atoms with E-state index >= 15 is 0 Å². The largest absolute Gasteiger partial charge is 0.286 e. The number of rotatable bonds is 3. The number of hydrogen-bond donors (Lipinski definition) is 1. The van der Waals surface area contributed by atoms with Crippen LogP contribution >= 0.6 is 35.0 Å². The summed E-state index contributed by atoms with van der Waals surface area (Å²) in [5, 5.41) is 2.43. The zero-order valence-corrected chi connectivity index (χ0v) is 14.0. The minimum atomic E-state index is -0.490. The second kappa shape index (κ2) is 6.74. The average molecular weight is 365 g/mol. The van der Waals surface area contributed by atoms with Crippen molar-refractivity contribution in [2.24, 2.45) is 4.99 Å². The summed E-state index contributed by atoms with van der Waals surface area (Å²) >= 11 is 12.8. The zero-order valence-electron chi connectivity index (χ0n) is 11.6. The molecular formula is C16H10Cl2N2O2S. The lowest BCUT2D eigenvalue weighted by Gasteiger charge is -2.05. The van der Waals surface area contributed by atoms with E-state index in [1.54, 1.807) is 42.6 Å². The fourth-order valence-corrected chi connectivity index (χ4v) is 3.19. The van der Waals surface area contributed by atoms with Gasteiger partial charge in [-0.15, -0.1) is 0 Å². The highest BCUT2D eigenvalue weighted by Crippen LogP contribution is 2.34. The number of carbonyl (C=O) groups excluding carboxylic acids is 2. The van der Waals surface area contributed by atoms with Crippen molar-refractivity contribution in [3.8, 4) is 0 Å². The molecule has 0 aromatic heterocycles. The first-order chi connectivity index (χ1) is 11.0. The van der Waals surface area contributed by atoms with Crippen LogP contribution in [0.25, 0.3) is 0 Å². The third kappa shape index (κ3) is 3.75. The molecule has 2 amide bonds. The van der Waals surface area contributed by atoms with Crippen molar-refractivity contribution >= 4 is 58.0 Å². The molecule has 1 aliphatic rings. The molecule has 0 spiro atoms. The Hall–Kier alpha value is -1.82. The molecule has 2 aromatic rings. The fraction of sp³-hybridized carbons (Fsp3) is 0.0625. The van der Waals surface area contributed by atoms with Gasteiger partial charge in [0.05, 0.1) is 15.7 Å². The first kappa shape index (κ1) is 16.1. The summed E-state index contributed by atoms with van der Waals surface area (Å²) in [7, 11) is 0. The molecule has 1 atom stereocenters. The van der Waals surface area contributed by atoms with Crippen molar-refractivity contribution in [3.63, 3.8) is 0 Å². The zero-order chi connectivity index (χ0) is 16.4. The van der Waals surface area contributed by atoms with E-state index in [-0.39, 0.29) is 11.1 Å². The van der Waals surface area contributed by atoms with Gasteiger partial charge in [0.2, 0.25) is 5.91 Å². The van der Waals surface area contributed by atoms with Crippen molar-refractivity contribution in [2.75, 3.05) is 0 Å². The first-order valence-corrected chi connectivity index (χ1v) is 8.27. The summed E-state index contributed by atoms with van der Waals surface area (Å²) < 4.78 is 0. The highest BCUT2D eigenvalue weighted by molar-refractivity contribution is 8.15. The molecule has 0 saturated carbocycles. The van der Waals surface area contributed by atoms with E-state index in [9.17, 15) is 9.59 Å². The topological polar surface area (TPSA) is 58.5 Å². The number of benzene rings is 2. The summed E-state index contributed by atoms with van der Waals surface area (Å²) in [6.07, 6.45) is 1.68. The lowest BCUT2D eigenvalue weighted by molar-refractivity contribution is -0.119. The molecule has 0 radical (unpaired) electrons. The normalized spacial score (nSPS) is 17.7.